The van der Waals surface area contributed by atoms with Crippen molar-refractivity contribution >= 4 is 31.8 Å². The Labute approximate surface area is 107 Å². The Bertz CT molecular complexity index is 817. The lowest BCUT2D eigenvalue weighted by atomic mass is 10.1. The van der Waals surface area contributed by atoms with E-state index in [1.165, 1.54) is 11.3 Å². The Morgan fingerprint density at radius 3 is 2.83 bits per heavy atom. The molecule has 0 bridgehead atoms. The third-order valence-corrected chi connectivity index (χ3v) is 3.95. The minimum atomic E-state index is -0.308. The summed E-state index contributed by atoms with van der Waals surface area (Å²) in [7, 11) is 0. The molecule has 0 radical (unpaired) electrons. The number of nitrogens with zero attached hydrogens (tertiary/aromatic N) is 2. The molecule has 18 heavy (non-hydrogen) atoms. The molecule has 0 saturated heterocycles. The molecular formula is C13H12N2O2S. The summed E-state index contributed by atoms with van der Waals surface area (Å²) in [5.74, 6) is 0.479. The second-order valence-electron chi connectivity index (χ2n) is 4.29. The lowest BCUT2D eigenvalue weighted by molar-refractivity contribution is 0.451. The Balaban J connectivity index is 2.57. The molecule has 0 amide bonds. The van der Waals surface area contributed by atoms with Crippen molar-refractivity contribution in [2.75, 3.05) is 0 Å². The largest absolute Gasteiger partial charge is 0.407 e. The molecule has 3 aromatic heterocycles. The van der Waals surface area contributed by atoms with Crippen LogP contribution in [0.2, 0.25) is 0 Å². The fourth-order valence-corrected chi connectivity index (χ4v) is 3.23. The smallest absolute Gasteiger partial charge is 0.357 e. The molecule has 4 nitrogen and oxygen atoms in total. The molecule has 0 spiro atoms. The van der Waals surface area contributed by atoms with Gasteiger partial charge < -0.3 is 4.42 Å². The molecule has 0 aliphatic rings. The van der Waals surface area contributed by atoms with Gasteiger partial charge in [0.1, 0.15) is 15.0 Å². The van der Waals surface area contributed by atoms with Crippen LogP contribution < -0.4 is 5.63 Å². The first-order chi connectivity index (χ1) is 8.60. The van der Waals surface area contributed by atoms with Gasteiger partial charge in [-0.1, -0.05) is 6.92 Å². The Hall–Kier alpha value is -1.75. The molecule has 0 N–H and O–H groups in total. The van der Waals surface area contributed by atoms with Gasteiger partial charge in [-0.2, -0.15) is 0 Å². The predicted octanol–water partition coefficient (Wildman–Crippen LogP) is 2.98. The van der Waals surface area contributed by atoms with Crippen molar-refractivity contribution in [2.24, 2.45) is 0 Å². The van der Waals surface area contributed by atoms with Crippen molar-refractivity contribution in [1.29, 1.82) is 0 Å². The van der Waals surface area contributed by atoms with Gasteiger partial charge in [0.15, 0.2) is 5.89 Å². The SMILES string of the molecule is CCc1nc2c(sc3nc(C)cc(C)c32)c(=O)o1. The second-order valence-corrected chi connectivity index (χ2v) is 5.29. The number of aromatic nitrogens is 2. The summed E-state index contributed by atoms with van der Waals surface area (Å²) in [4.78, 5) is 21.7. The standard InChI is InChI=1S/C13H12N2O2S/c1-4-8-15-10-9-6(2)5-7(3)14-12(9)18-11(10)13(16)17-8/h5H,4H2,1-3H3. The van der Waals surface area contributed by atoms with E-state index in [0.29, 0.717) is 17.0 Å². The highest BCUT2D eigenvalue weighted by Crippen LogP contribution is 2.32. The molecular weight excluding hydrogens is 248 g/mol. The zero-order valence-electron chi connectivity index (χ0n) is 10.4. The number of hydrogen-bond acceptors (Lipinski definition) is 5. The van der Waals surface area contributed by atoms with Crippen LogP contribution in [0.4, 0.5) is 0 Å². The van der Waals surface area contributed by atoms with Crippen molar-refractivity contribution < 1.29 is 4.42 Å². The maximum atomic E-state index is 11.9. The van der Waals surface area contributed by atoms with E-state index in [1.807, 2.05) is 26.8 Å². The number of fused-ring (bicyclic) bond motifs is 3. The summed E-state index contributed by atoms with van der Waals surface area (Å²) < 4.78 is 5.71. The van der Waals surface area contributed by atoms with Gasteiger partial charge >= 0.3 is 5.63 Å². The van der Waals surface area contributed by atoms with Crippen LogP contribution in [-0.2, 0) is 6.42 Å². The van der Waals surface area contributed by atoms with E-state index >= 15 is 0 Å². The summed E-state index contributed by atoms with van der Waals surface area (Å²) in [6.07, 6.45) is 0.612. The minimum Gasteiger partial charge on any atom is -0.407 e. The van der Waals surface area contributed by atoms with Crippen molar-refractivity contribution in [3.8, 4) is 0 Å². The quantitative estimate of drug-likeness (QED) is 0.675. The summed E-state index contributed by atoms with van der Waals surface area (Å²) >= 11 is 1.36. The van der Waals surface area contributed by atoms with Gasteiger partial charge in [-0.15, -0.1) is 11.3 Å². The lowest BCUT2D eigenvalue weighted by Gasteiger charge is -1.99. The fraction of sp³-hybridized carbons (Fsp3) is 0.308. The Morgan fingerprint density at radius 1 is 1.33 bits per heavy atom. The average molecular weight is 260 g/mol. The Kier molecular flexibility index (Phi) is 2.45. The molecule has 0 unspecified atom stereocenters. The molecule has 5 heteroatoms. The first-order valence-corrected chi connectivity index (χ1v) is 6.62. The highest BCUT2D eigenvalue weighted by Gasteiger charge is 2.15. The summed E-state index contributed by atoms with van der Waals surface area (Å²) in [6.45, 7) is 5.89. The molecule has 0 saturated carbocycles. The van der Waals surface area contributed by atoms with E-state index in [-0.39, 0.29) is 5.63 Å². The molecule has 0 fully saturated rings. The molecule has 0 aliphatic heterocycles. The lowest BCUT2D eigenvalue weighted by Crippen LogP contribution is -2.02. The van der Waals surface area contributed by atoms with E-state index in [9.17, 15) is 4.79 Å². The number of rotatable bonds is 1. The summed E-state index contributed by atoms with van der Waals surface area (Å²) in [5, 5.41) is 0.975. The predicted molar refractivity (Wildman–Crippen MR) is 72.3 cm³/mol. The van der Waals surface area contributed by atoms with Crippen molar-refractivity contribution in [3.05, 3.63) is 33.6 Å². The van der Waals surface area contributed by atoms with Gasteiger partial charge in [0.25, 0.3) is 0 Å². The molecule has 3 heterocycles. The first kappa shape index (κ1) is 11.3. The van der Waals surface area contributed by atoms with Crippen LogP contribution >= 0.6 is 11.3 Å². The molecule has 0 aromatic carbocycles. The van der Waals surface area contributed by atoms with Gasteiger partial charge in [0.05, 0.1) is 0 Å². The normalized spacial score (nSPS) is 11.5. The highest BCUT2D eigenvalue weighted by atomic mass is 32.1. The van der Waals surface area contributed by atoms with E-state index in [1.54, 1.807) is 0 Å². The average Bonchev–Trinajstić information content (AvgIpc) is 2.67. The van der Waals surface area contributed by atoms with Gasteiger partial charge in [0.2, 0.25) is 0 Å². The van der Waals surface area contributed by atoms with Crippen LogP contribution in [0.5, 0.6) is 0 Å². The van der Waals surface area contributed by atoms with Crippen LogP contribution in [0.1, 0.15) is 24.1 Å². The van der Waals surface area contributed by atoms with Gasteiger partial charge in [-0.3, -0.25) is 0 Å². The van der Waals surface area contributed by atoms with Crippen LogP contribution in [-0.4, -0.2) is 9.97 Å². The van der Waals surface area contributed by atoms with Crippen molar-refractivity contribution in [2.45, 2.75) is 27.2 Å². The van der Waals surface area contributed by atoms with E-state index < -0.39 is 0 Å². The number of pyridine rings is 1. The number of aryl methyl sites for hydroxylation is 3. The number of thiophene rings is 1. The fourth-order valence-electron chi connectivity index (χ4n) is 2.12. The van der Waals surface area contributed by atoms with E-state index in [2.05, 4.69) is 9.97 Å². The van der Waals surface area contributed by atoms with Gasteiger partial charge in [0, 0.05) is 17.5 Å². The van der Waals surface area contributed by atoms with E-state index in [0.717, 1.165) is 27.0 Å². The van der Waals surface area contributed by atoms with Gasteiger partial charge in [-0.25, -0.2) is 14.8 Å². The van der Waals surface area contributed by atoms with Crippen molar-refractivity contribution in [1.82, 2.24) is 9.97 Å². The first-order valence-electron chi connectivity index (χ1n) is 5.80. The third kappa shape index (κ3) is 1.54. The molecule has 0 aliphatic carbocycles. The van der Waals surface area contributed by atoms with Crippen LogP contribution in [0.25, 0.3) is 20.4 Å². The third-order valence-electron chi connectivity index (χ3n) is 2.90. The van der Waals surface area contributed by atoms with Crippen LogP contribution in [0.3, 0.4) is 0 Å². The zero-order valence-corrected chi connectivity index (χ0v) is 11.2. The Morgan fingerprint density at radius 2 is 2.11 bits per heavy atom. The number of hydrogen-bond donors (Lipinski definition) is 0. The molecule has 3 rings (SSSR count). The monoisotopic (exact) mass is 260 g/mol. The topological polar surface area (TPSA) is 56.0 Å². The van der Waals surface area contributed by atoms with Crippen LogP contribution in [0.15, 0.2) is 15.3 Å². The zero-order chi connectivity index (χ0) is 12.9. The molecule has 3 aromatic rings. The maximum Gasteiger partial charge on any atom is 0.357 e. The highest BCUT2D eigenvalue weighted by molar-refractivity contribution is 7.25. The second kappa shape index (κ2) is 3.88. The van der Waals surface area contributed by atoms with Crippen molar-refractivity contribution in [3.63, 3.8) is 0 Å². The molecule has 92 valence electrons. The van der Waals surface area contributed by atoms with Crippen LogP contribution in [0, 0.1) is 13.8 Å². The molecule has 0 atom stereocenters. The summed E-state index contributed by atoms with van der Waals surface area (Å²) in [5.41, 5.74) is 2.47. The van der Waals surface area contributed by atoms with Gasteiger partial charge in [-0.05, 0) is 25.5 Å². The summed E-state index contributed by atoms with van der Waals surface area (Å²) in [6, 6.07) is 2.01. The maximum absolute atomic E-state index is 11.9. The minimum absolute atomic E-state index is 0.308. The van der Waals surface area contributed by atoms with E-state index in [4.69, 9.17) is 4.42 Å².